The Morgan fingerprint density at radius 1 is 0.900 bits per heavy atom. The highest BCUT2D eigenvalue weighted by molar-refractivity contribution is 6.03. The summed E-state index contributed by atoms with van der Waals surface area (Å²) in [6, 6.07) is 6.75. The zero-order chi connectivity index (χ0) is 21.5. The molecule has 2 N–H and O–H groups in total. The molecule has 0 saturated carbocycles. The summed E-state index contributed by atoms with van der Waals surface area (Å²) in [5, 5.41) is 5.55. The van der Waals surface area contributed by atoms with Crippen molar-refractivity contribution < 1.29 is 14.4 Å². The van der Waals surface area contributed by atoms with Gasteiger partial charge in [0.15, 0.2) is 0 Å². The van der Waals surface area contributed by atoms with Crippen molar-refractivity contribution in [1.82, 2.24) is 20.0 Å². The second-order valence-electron chi connectivity index (χ2n) is 8.31. The molecule has 0 aliphatic carbocycles. The van der Waals surface area contributed by atoms with Crippen molar-refractivity contribution in [3.63, 3.8) is 0 Å². The molecule has 8 heteroatoms. The van der Waals surface area contributed by atoms with E-state index >= 15 is 0 Å². The molecule has 1 aromatic rings. The summed E-state index contributed by atoms with van der Waals surface area (Å²) in [4.78, 5) is 43.5. The van der Waals surface area contributed by atoms with Crippen molar-refractivity contribution in [2.45, 2.75) is 39.2 Å². The van der Waals surface area contributed by atoms with Crippen LogP contribution < -0.4 is 10.6 Å². The van der Waals surface area contributed by atoms with Crippen LogP contribution in [0.4, 0.5) is 10.5 Å². The molecule has 2 heterocycles. The Labute approximate surface area is 178 Å². The van der Waals surface area contributed by atoms with Crippen LogP contribution in [0, 0.1) is 0 Å². The lowest BCUT2D eigenvalue weighted by atomic mass is 10.1. The van der Waals surface area contributed by atoms with Gasteiger partial charge in [-0.25, -0.2) is 4.79 Å². The predicted molar refractivity (Wildman–Crippen MR) is 117 cm³/mol. The van der Waals surface area contributed by atoms with E-state index < -0.39 is 0 Å². The molecule has 0 radical (unpaired) electrons. The van der Waals surface area contributed by atoms with E-state index in [1.54, 1.807) is 29.2 Å². The number of likely N-dealkylation sites (tertiary alicyclic amines) is 1. The van der Waals surface area contributed by atoms with E-state index in [4.69, 9.17) is 0 Å². The van der Waals surface area contributed by atoms with Crippen LogP contribution >= 0.6 is 0 Å². The number of nitrogens with zero attached hydrogens (tertiary/aromatic N) is 3. The molecule has 2 fully saturated rings. The lowest BCUT2D eigenvalue weighted by Crippen LogP contribution is -2.52. The Balaban J connectivity index is 1.54. The normalized spacial score (nSPS) is 17.7. The van der Waals surface area contributed by atoms with E-state index in [2.05, 4.69) is 15.5 Å². The van der Waals surface area contributed by atoms with Gasteiger partial charge in [-0.2, -0.15) is 0 Å². The topological polar surface area (TPSA) is 85.0 Å². The van der Waals surface area contributed by atoms with Gasteiger partial charge in [0.25, 0.3) is 5.91 Å². The number of amides is 4. The van der Waals surface area contributed by atoms with Crippen molar-refractivity contribution in [3.05, 3.63) is 29.8 Å². The molecular weight excluding hydrogens is 382 g/mol. The quantitative estimate of drug-likeness (QED) is 0.770. The number of para-hydroxylation sites is 1. The molecule has 8 nitrogen and oxygen atoms in total. The molecule has 0 spiro atoms. The minimum Gasteiger partial charge on any atom is -0.342 e. The third kappa shape index (κ3) is 5.95. The predicted octanol–water partition coefficient (Wildman–Crippen LogP) is 1.99. The Morgan fingerprint density at radius 3 is 2.23 bits per heavy atom. The molecule has 2 saturated heterocycles. The molecule has 3 rings (SSSR count). The maximum atomic E-state index is 13.1. The number of benzene rings is 1. The highest BCUT2D eigenvalue weighted by Crippen LogP contribution is 2.19. The smallest absolute Gasteiger partial charge is 0.319 e. The molecule has 30 heavy (non-hydrogen) atoms. The molecule has 2 aliphatic heterocycles. The molecule has 0 bridgehead atoms. The number of piperazine rings is 1. The van der Waals surface area contributed by atoms with Crippen LogP contribution in [0.3, 0.4) is 0 Å². The zero-order valence-corrected chi connectivity index (χ0v) is 18.0. The van der Waals surface area contributed by atoms with E-state index in [0.717, 1.165) is 25.9 Å². The van der Waals surface area contributed by atoms with Crippen LogP contribution in [0.2, 0.25) is 0 Å². The highest BCUT2D eigenvalue weighted by atomic mass is 16.2. The Morgan fingerprint density at radius 2 is 1.57 bits per heavy atom. The van der Waals surface area contributed by atoms with E-state index in [1.807, 2.05) is 18.7 Å². The number of hydrogen-bond acceptors (Lipinski definition) is 4. The SMILES string of the molecule is CC(C)NC(=O)Nc1ccccc1C(=O)N1CCN(CC(=O)N2CCCCC2)CC1. The summed E-state index contributed by atoms with van der Waals surface area (Å²) >= 11 is 0. The first kappa shape index (κ1) is 22.1. The van der Waals surface area contributed by atoms with Crippen molar-refractivity contribution in [3.8, 4) is 0 Å². The second kappa shape index (κ2) is 10.4. The van der Waals surface area contributed by atoms with Crippen LogP contribution in [0.15, 0.2) is 24.3 Å². The highest BCUT2D eigenvalue weighted by Gasteiger charge is 2.26. The standard InChI is InChI=1S/C22H33N5O3/c1-17(2)23-22(30)24-19-9-5-4-8-18(19)21(29)27-14-12-25(13-15-27)16-20(28)26-10-6-3-7-11-26/h4-5,8-9,17H,3,6-7,10-16H2,1-2H3,(H2,23,24,30). The van der Waals surface area contributed by atoms with Crippen LogP contribution in [0.5, 0.6) is 0 Å². The minimum atomic E-state index is -0.328. The Kier molecular flexibility index (Phi) is 7.68. The van der Waals surface area contributed by atoms with Gasteiger partial charge in [-0.1, -0.05) is 12.1 Å². The van der Waals surface area contributed by atoms with Gasteiger partial charge in [0, 0.05) is 45.3 Å². The van der Waals surface area contributed by atoms with Gasteiger partial charge in [-0.3, -0.25) is 14.5 Å². The summed E-state index contributed by atoms with van der Waals surface area (Å²) in [5.41, 5.74) is 0.984. The molecule has 0 unspecified atom stereocenters. The summed E-state index contributed by atoms with van der Waals surface area (Å²) in [6.07, 6.45) is 3.40. The third-order valence-electron chi connectivity index (χ3n) is 5.55. The van der Waals surface area contributed by atoms with Crippen LogP contribution in [-0.4, -0.2) is 84.4 Å². The van der Waals surface area contributed by atoms with E-state index in [1.165, 1.54) is 6.42 Å². The lowest BCUT2D eigenvalue weighted by Gasteiger charge is -2.36. The number of piperidine rings is 1. The van der Waals surface area contributed by atoms with Gasteiger partial charge in [0.2, 0.25) is 5.91 Å². The van der Waals surface area contributed by atoms with Crippen LogP contribution in [0.1, 0.15) is 43.5 Å². The fraction of sp³-hybridized carbons (Fsp3) is 0.591. The maximum Gasteiger partial charge on any atom is 0.319 e. The number of hydrogen-bond donors (Lipinski definition) is 2. The molecule has 0 aromatic heterocycles. The van der Waals surface area contributed by atoms with Gasteiger partial charge < -0.3 is 20.4 Å². The molecular formula is C22H33N5O3. The minimum absolute atomic E-state index is 0.00795. The van der Waals surface area contributed by atoms with Gasteiger partial charge in [0.05, 0.1) is 17.8 Å². The first-order valence-corrected chi connectivity index (χ1v) is 10.9. The number of nitrogens with one attached hydrogen (secondary N) is 2. The van der Waals surface area contributed by atoms with Crippen LogP contribution in [-0.2, 0) is 4.79 Å². The number of carbonyl (C=O) groups is 3. The summed E-state index contributed by atoms with van der Waals surface area (Å²) in [6.45, 7) is 8.41. The fourth-order valence-electron chi connectivity index (χ4n) is 3.91. The molecule has 4 amide bonds. The average Bonchev–Trinajstić information content (AvgIpc) is 2.74. The van der Waals surface area contributed by atoms with E-state index in [-0.39, 0.29) is 23.9 Å². The number of anilines is 1. The average molecular weight is 416 g/mol. The largest absolute Gasteiger partial charge is 0.342 e. The van der Waals surface area contributed by atoms with E-state index in [0.29, 0.717) is 44.0 Å². The van der Waals surface area contributed by atoms with E-state index in [9.17, 15) is 14.4 Å². The second-order valence-corrected chi connectivity index (χ2v) is 8.31. The summed E-state index contributed by atoms with van der Waals surface area (Å²) in [7, 11) is 0. The third-order valence-corrected chi connectivity index (χ3v) is 5.55. The van der Waals surface area contributed by atoms with Crippen molar-refractivity contribution >= 4 is 23.5 Å². The van der Waals surface area contributed by atoms with Crippen molar-refractivity contribution in [2.75, 3.05) is 51.1 Å². The Hall–Kier alpha value is -2.61. The van der Waals surface area contributed by atoms with Gasteiger partial charge in [-0.05, 0) is 45.2 Å². The number of rotatable bonds is 5. The monoisotopic (exact) mass is 415 g/mol. The first-order chi connectivity index (χ1) is 14.4. The zero-order valence-electron chi connectivity index (χ0n) is 18.0. The fourth-order valence-corrected chi connectivity index (χ4v) is 3.91. The van der Waals surface area contributed by atoms with Gasteiger partial charge >= 0.3 is 6.03 Å². The summed E-state index contributed by atoms with van der Waals surface area (Å²) < 4.78 is 0. The molecule has 0 atom stereocenters. The van der Waals surface area contributed by atoms with Crippen molar-refractivity contribution in [2.24, 2.45) is 0 Å². The molecule has 2 aliphatic rings. The maximum absolute atomic E-state index is 13.1. The molecule has 1 aromatic carbocycles. The number of urea groups is 1. The first-order valence-electron chi connectivity index (χ1n) is 10.9. The van der Waals surface area contributed by atoms with Crippen molar-refractivity contribution in [1.29, 1.82) is 0 Å². The Bertz CT molecular complexity index is 753. The summed E-state index contributed by atoms with van der Waals surface area (Å²) in [5.74, 6) is 0.0950. The molecule has 164 valence electrons. The van der Waals surface area contributed by atoms with Gasteiger partial charge in [0.1, 0.15) is 0 Å². The number of carbonyl (C=O) groups excluding carboxylic acids is 3. The van der Waals surface area contributed by atoms with Gasteiger partial charge in [-0.15, -0.1) is 0 Å². The van der Waals surface area contributed by atoms with Crippen LogP contribution in [0.25, 0.3) is 0 Å². The lowest BCUT2D eigenvalue weighted by molar-refractivity contribution is -0.133.